The van der Waals surface area contributed by atoms with Crippen LogP contribution in [0.25, 0.3) is 0 Å². The molecule has 1 heterocycles. The van der Waals surface area contributed by atoms with Crippen molar-refractivity contribution in [2.45, 2.75) is 13.0 Å². The standard InChI is InChI=1S/C7H12N2O3/c1-5-6(10)9(7(11)12)4-3-8(5)2/h5H,3-4H2,1-2H3,(H,11,12). The zero-order valence-electron chi connectivity index (χ0n) is 7.15. The largest absolute Gasteiger partial charge is 0.465 e. The number of rotatable bonds is 0. The summed E-state index contributed by atoms with van der Waals surface area (Å²) in [5.41, 5.74) is 0. The average molecular weight is 172 g/mol. The smallest absolute Gasteiger partial charge is 0.414 e. The second kappa shape index (κ2) is 3.10. The summed E-state index contributed by atoms with van der Waals surface area (Å²) in [5, 5.41) is 8.60. The van der Waals surface area contributed by atoms with Crippen molar-refractivity contribution in [3.63, 3.8) is 0 Å². The minimum absolute atomic E-state index is 0.273. The monoisotopic (exact) mass is 172 g/mol. The number of carbonyl (C=O) groups is 2. The van der Waals surface area contributed by atoms with E-state index in [9.17, 15) is 9.59 Å². The van der Waals surface area contributed by atoms with E-state index in [1.807, 2.05) is 11.9 Å². The fourth-order valence-electron chi connectivity index (χ4n) is 1.17. The molecular formula is C7H12N2O3. The van der Waals surface area contributed by atoms with Gasteiger partial charge in [-0.25, -0.2) is 9.69 Å². The van der Waals surface area contributed by atoms with E-state index in [4.69, 9.17) is 5.11 Å². The zero-order valence-corrected chi connectivity index (χ0v) is 7.15. The zero-order chi connectivity index (χ0) is 9.30. The van der Waals surface area contributed by atoms with E-state index >= 15 is 0 Å². The molecule has 0 spiro atoms. The normalized spacial score (nSPS) is 26.0. The van der Waals surface area contributed by atoms with Gasteiger partial charge in [0.25, 0.3) is 0 Å². The van der Waals surface area contributed by atoms with E-state index in [1.54, 1.807) is 6.92 Å². The molecule has 0 aromatic rings. The SMILES string of the molecule is CC1C(=O)N(C(=O)O)CCN1C. The van der Waals surface area contributed by atoms with Crippen molar-refractivity contribution in [2.75, 3.05) is 20.1 Å². The highest BCUT2D eigenvalue weighted by molar-refractivity contribution is 5.94. The predicted molar refractivity (Wildman–Crippen MR) is 41.8 cm³/mol. The summed E-state index contributed by atoms with van der Waals surface area (Å²) in [4.78, 5) is 24.5. The van der Waals surface area contributed by atoms with Gasteiger partial charge in [-0.05, 0) is 14.0 Å². The third-order valence-electron chi connectivity index (χ3n) is 2.19. The molecule has 0 saturated carbocycles. The first-order valence-corrected chi connectivity index (χ1v) is 3.78. The molecule has 1 unspecified atom stereocenters. The molecule has 1 N–H and O–H groups in total. The van der Waals surface area contributed by atoms with Gasteiger partial charge in [0.15, 0.2) is 0 Å². The van der Waals surface area contributed by atoms with Crippen LogP contribution in [0.15, 0.2) is 0 Å². The van der Waals surface area contributed by atoms with Gasteiger partial charge >= 0.3 is 6.09 Å². The van der Waals surface area contributed by atoms with Gasteiger partial charge in [0, 0.05) is 13.1 Å². The van der Waals surface area contributed by atoms with Crippen LogP contribution in [0.2, 0.25) is 0 Å². The van der Waals surface area contributed by atoms with Crippen molar-refractivity contribution in [3.8, 4) is 0 Å². The molecule has 5 nitrogen and oxygen atoms in total. The van der Waals surface area contributed by atoms with Gasteiger partial charge in [-0.3, -0.25) is 9.69 Å². The van der Waals surface area contributed by atoms with Gasteiger partial charge < -0.3 is 5.11 Å². The lowest BCUT2D eigenvalue weighted by molar-refractivity contribution is -0.137. The Morgan fingerprint density at radius 3 is 2.67 bits per heavy atom. The van der Waals surface area contributed by atoms with Crippen molar-refractivity contribution in [2.24, 2.45) is 0 Å². The number of carbonyl (C=O) groups excluding carboxylic acids is 1. The highest BCUT2D eigenvalue weighted by atomic mass is 16.4. The van der Waals surface area contributed by atoms with E-state index in [1.165, 1.54) is 0 Å². The van der Waals surface area contributed by atoms with Crippen LogP contribution in [0.4, 0.5) is 4.79 Å². The molecule has 0 bridgehead atoms. The molecular weight excluding hydrogens is 160 g/mol. The minimum Gasteiger partial charge on any atom is -0.465 e. The topological polar surface area (TPSA) is 60.9 Å². The quantitative estimate of drug-likeness (QED) is 0.551. The molecule has 2 amide bonds. The third-order valence-corrected chi connectivity index (χ3v) is 2.19. The van der Waals surface area contributed by atoms with Crippen LogP contribution < -0.4 is 0 Å². The van der Waals surface area contributed by atoms with Gasteiger partial charge in [0.1, 0.15) is 0 Å². The van der Waals surface area contributed by atoms with E-state index < -0.39 is 6.09 Å². The van der Waals surface area contributed by atoms with Gasteiger partial charge in [-0.1, -0.05) is 0 Å². The first-order chi connectivity index (χ1) is 5.54. The van der Waals surface area contributed by atoms with Crippen molar-refractivity contribution in [1.29, 1.82) is 0 Å². The number of likely N-dealkylation sites (N-methyl/N-ethyl adjacent to an activating group) is 1. The molecule has 12 heavy (non-hydrogen) atoms. The Hall–Kier alpha value is -1.10. The molecule has 1 rings (SSSR count). The second-order valence-corrected chi connectivity index (χ2v) is 2.93. The molecule has 0 aromatic carbocycles. The molecule has 68 valence electrons. The van der Waals surface area contributed by atoms with Crippen molar-refractivity contribution in [1.82, 2.24) is 9.80 Å². The van der Waals surface area contributed by atoms with Crippen molar-refractivity contribution in [3.05, 3.63) is 0 Å². The highest BCUT2D eigenvalue weighted by Gasteiger charge is 2.32. The number of imide groups is 1. The van der Waals surface area contributed by atoms with E-state index in [2.05, 4.69) is 0 Å². The average Bonchev–Trinajstić information content (AvgIpc) is 2.00. The van der Waals surface area contributed by atoms with Crippen LogP contribution in [-0.2, 0) is 4.79 Å². The first-order valence-electron chi connectivity index (χ1n) is 3.78. The molecule has 0 radical (unpaired) electrons. The van der Waals surface area contributed by atoms with Gasteiger partial charge in [-0.2, -0.15) is 0 Å². The predicted octanol–water partition coefficient (Wildman–Crippen LogP) is -0.173. The summed E-state index contributed by atoms with van der Waals surface area (Å²) in [6.07, 6.45) is -1.15. The fraction of sp³-hybridized carbons (Fsp3) is 0.714. The van der Waals surface area contributed by atoms with Crippen LogP contribution in [0, 0.1) is 0 Å². The van der Waals surface area contributed by atoms with Crippen LogP contribution in [-0.4, -0.2) is 53.1 Å². The number of hydrogen-bond donors (Lipinski definition) is 1. The highest BCUT2D eigenvalue weighted by Crippen LogP contribution is 2.08. The van der Waals surface area contributed by atoms with Crippen LogP contribution in [0.1, 0.15) is 6.92 Å². The maximum absolute atomic E-state index is 11.3. The Morgan fingerprint density at radius 1 is 1.58 bits per heavy atom. The van der Waals surface area contributed by atoms with Gasteiger partial charge in [-0.15, -0.1) is 0 Å². The lowest BCUT2D eigenvalue weighted by atomic mass is 10.2. The summed E-state index contributed by atoms with van der Waals surface area (Å²) in [6.45, 7) is 2.59. The number of piperazine rings is 1. The fourth-order valence-corrected chi connectivity index (χ4v) is 1.17. The van der Waals surface area contributed by atoms with E-state index in [-0.39, 0.29) is 18.5 Å². The maximum Gasteiger partial charge on any atom is 0.414 e. The Labute approximate surface area is 70.6 Å². The van der Waals surface area contributed by atoms with Gasteiger partial charge in [0.2, 0.25) is 5.91 Å². The van der Waals surface area contributed by atoms with Crippen molar-refractivity contribution < 1.29 is 14.7 Å². The summed E-state index contributed by atoms with van der Waals surface area (Å²) in [5.74, 6) is -0.337. The molecule has 0 aromatic heterocycles. The Balaban J connectivity index is 2.72. The van der Waals surface area contributed by atoms with E-state index in [0.717, 1.165) is 4.90 Å². The maximum atomic E-state index is 11.3. The summed E-state index contributed by atoms with van der Waals surface area (Å²) >= 11 is 0. The Bertz CT molecular complexity index is 217. The van der Waals surface area contributed by atoms with Crippen LogP contribution >= 0.6 is 0 Å². The number of carboxylic acid groups (broad SMARTS) is 1. The Kier molecular flexibility index (Phi) is 2.32. The van der Waals surface area contributed by atoms with Gasteiger partial charge in [0.05, 0.1) is 6.04 Å². The summed E-state index contributed by atoms with van der Waals surface area (Å²) in [7, 11) is 1.81. The van der Waals surface area contributed by atoms with Crippen LogP contribution in [0.5, 0.6) is 0 Å². The molecule has 1 saturated heterocycles. The Morgan fingerprint density at radius 2 is 2.17 bits per heavy atom. The molecule has 5 heteroatoms. The first kappa shape index (κ1) is 8.99. The number of nitrogens with zero attached hydrogens (tertiary/aromatic N) is 2. The summed E-state index contributed by atoms with van der Waals surface area (Å²) < 4.78 is 0. The lowest BCUT2D eigenvalue weighted by Crippen LogP contribution is -2.55. The lowest BCUT2D eigenvalue weighted by Gasteiger charge is -2.33. The number of hydrogen-bond acceptors (Lipinski definition) is 3. The number of amides is 2. The third kappa shape index (κ3) is 1.40. The molecule has 1 aliphatic rings. The minimum atomic E-state index is -1.15. The molecule has 1 atom stereocenters. The van der Waals surface area contributed by atoms with Crippen molar-refractivity contribution >= 4 is 12.0 Å². The van der Waals surface area contributed by atoms with Crippen LogP contribution in [0.3, 0.4) is 0 Å². The molecule has 1 aliphatic heterocycles. The van der Waals surface area contributed by atoms with E-state index in [0.29, 0.717) is 6.54 Å². The molecule has 1 fully saturated rings. The second-order valence-electron chi connectivity index (χ2n) is 2.93. The molecule has 0 aliphatic carbocycles. The summed E-state index contributed by atoms with van der Waals surface area (Å²) in [6, 6.07) is -0.324.